The monoisotopic (exact) mass is 522 g/mol. The molecule has 1 aromatic carbocycles. The Balaban J connectivity index is 1.78. The summed E-state index contributed by atoms with van der Waals surface area (Å²) < 4.78 is 19.0. The fourth-order valence-corrected chi connectivity index (χ4v) is 3.96. The van der Waals surface area contributed by atoms with Gasteiger partial charge in [0, 0.05) is 18.3 Å². The minimum atomic E-state index is -0.591. The third kappa shape index (κ3) is 7.42. The average molecular weight is 523 g/mol. The third-order valence-corrected chi connectivity index (χ3v) is 5.76. The first-order valence-corrected chi connectivity index (χ1v) is 11.9. The Kier molecular flexibility index (Phi) is 8.93. The Morgan fingerprint density at radius 3 is 2.69 bits per heavy atom. The molecule has 3 rings (SSSR count). The second-order valence-corrected chi connectivity index (χ2v) is 9.82. The summed E-state index contributed by atoms with van der Waals surface area (Å²) in [6, 6.07) is 3.70. The number of hydrogen-bond donors (Lipinski definition) is 4. The van der Waals surface area contributed by atoms with E-state index in [9.17, 15) is 14.3 Å². The van der Waals surface area contributed by atoms with Crippen molar-refractivity contribution in [3.05, 3.63) is 53.1 Å². The lowest BCUT2D eigenvalue weighted by molar-refractivity contribution is -0.205. The molecule has 0 spiro atoms. The Morgan fingerprint density at radius 2 is 2.06 bits per heavy atom. The van der Waals surface area contributed by atoms with Crippen LogP contribution in [0.4, 0.5) is 14.9 Å². The zero-order valence-electron chi connectivity index (χ0n) is 20.6. The summed E-state index contributed by atoms with van der Waals surface area (Å²) in [5.74, 6) is -0.460. The minimum absolute atomic E-state index is 0.0153. The van der Waals surface area contributed by atoms with Gasteiger partial charge >= 0.3 is 6.09 Å². The molecule has 10 nitrogen and oxygen atoms in total. The zero-order valence-corrected chi connectivity index (χ0v) is 21.3. The highest BCUT2D eigenvalue weighted by Gasteiger charge is 2.29. The number of allylic oxidation sites excluding steroid dienone is 1. The number of ether oxygens (including phenoxy) is 1. The maximum absolute atomic E-state index is 13.7. The van der Waals surface area contributed by atoms with Crippen molar-refractivity contribution in [2.75, 3.05) is 6.79 Å². The van der Waals surface area contributed by atoms with Crippen molar-refractivity contribution in [1.29, 1.82) is 0 Å². The molecule has 0 unspecified atom stereocenters. The summed E-state index contributed by atoms with van der Waals surface area (Å²) >= 11 is 6.14. The standard InChI is InChI=1S/C24H32ClFN6O4/c1-14-21(29-16-6-8-17(9-7-16)30-23(34)36-24(2,3)4)18(12-28-32(14)35-13-33)22(27)31-20-11-15(26)5-10-19(20)25/h5,10-12,16-17,28,33H,1,6-9,13H2,2-4H3,(H2,27,31)(H,30,34). The molecule has 1 heterocycles. The highest BCUT2D eigenvalue weighted by atomic mass is 35.5. The number of halogens is 2. The molecule has 1 saturated carbocycles. The van der Waals surface area contributed by atoms with E-state index in [0.717, 1.165) is 0 Å². The van der Waals surface area contributed by atoms with Crippen LogP contribution in [-0.2, 0) is 9.57 Å². The number of amidine groups is 1. The number of hydrogen-bond acceptors (Lipinski definition) is 8. The predicted molar refractivity (Wildman–Crippen MR) is 136 cm³/mol. The number of alkyl carbamates (subject to hydrolysis) is 1. The van der Waals surface area contributed by atoms with Crippen molar-refractivity contribution in [2.24, 2.45) is 15.7 Å². The SMILES string of the molecule is C=C1C(=NC2CCC(NC(=O)OC(C)(C)C)CC2)C(C(N)=Nc2cc(F)ccc2Cl)=CNN1OCO. The van der Waals surface area contributed by atoms with Crippen LogP contribution >= 0.6 is 11.6 Å². The number of nitrogens with two attached hydrogens (primary N) is 1. The first-order valence-electron chi connectivity index (χ1n) is 11.5. The molecule has 0 atom stereocenters. The van der Waals surface area contributed by atoms with Crippen molar-refractivity contribution in [2.45, 2.75) is 64.1 Å². The minimum Gasteiger partial charge on any atom is -0.444 e. The molecule has 1 fully saturated rings. The molecule has 12 heteroatoms. The summed E-state index contributed by atoms with van der Waals surface area (Å²) in [4.78, 5) is 26.4. The second-order valence-electron chi connectivity index (χ2n) is 9.41. The van der Waals surface area contributed by atoms with Gasteiger partial charge in [0.1, 0.15) is 23.0 Å². The van der Waals surface area contributed by atoms with Crippen molar-refractivity contribution < 1.29 is 23.9 Å². The molecular formula is C24H32ClFN6O4. The molecule has 0 radical (unpaired) electrons. The van der Waals surface area contributed by atoms with Gasteiger partial charge in [-0.05, 0) is 58.6 Å². The number of aliphatic hydroxyl groups excluding tert-OH is 1. The van der Waals surface area contributed by atoms with Crippen LogP contribution in [0.1, 0.15) is 46.5 Å². The topological polar surface area (TPSA) is 134 Å². The fourth-order valence-electron chi connectivity index (χ4n) is 3.80. The van der Waals surface area contributed by atoms with E-state index in [4.69, 9.17) is 31.9 Å². The summed E-state index contributed by atoms with van der Waals surface area (Å²) in [5, 5.41) is 13.5. The van der Waals surface area contributed by atoms with Gasteiger partial charge in [-0.1, -0.05) is 18.2 Å². The Morgan fingerprint density at radius 1 is 1.36 bits per heavy atom. The molecule has 0 aromatic heterocycles. The molecular weight excluding hydrogens is 491 g/mol. The summed E-state index contributed by atoms with van der Waals surface area (Å²) in [7, 11) is 0. The van der Waals surface area contributed by atoms with E-state index >= 15 is 0 Å². The number of nitrogens with one attached hydrogen (secondary N) is 2. The van der Waals surface area contributed by atoms with E-state index in [1.54, 1.807) is 0 Å². The van der Waals surface area contributed by atoms with Gasteiger partial charge in [0.05, 0.1) is 28.0 Å². The normalized spacial score (nSPS) is 22.2. The second kappa shape index (κ2) is 11.7. The molecule has 0 bridgehead atoms. The predicted octanol–water partition coefficient (Wildman–Crippen LogP) is 3.84. The van der Waals surface area contributed by atoms with Crippen LogP contribution in [0, 0.1) is 5.82 Å². The quantitative estimate of drug-likeness (QED) is 0.253. The van der Waals surface area contributed by atoms with Gasteiger partial charge in [-0.2, -0.15) is 5.17 Å². The highest BCUT2D eigenvalue weighted by molar-refractivity contribution is 6.34. The van der Waals surface area contributed by atoms with Crippen molar-refractivity contribution in [3.63, 3.8) is 0 Å². The van der Waals surface area contributed by atoms with Gasteiger partial charge in [-0.15, -0.1) is 0 Å². The van der Waals surface area contributed by atoms with Crippen LogP contribution in [0.5, 0.6) is 0 Å². The van der Waals surface area contributed by atoms with Crippen molar-refractivity contribution in [1.82, 2.24) is 15.9 Å². The van der Waals surface area contributed by atoms with Gasteiger partial charge in [0.25, 0.3) is 0 Å². The molecule has 0 saturated heterocycles. The van der Waals surface area contributed by atoms with Gasteiger partial charge in [0.2, 0.25) is 0 Å². The molecule has 1 amide bonds. The lowest BCUT2D eigenvalue weighted by atomic mass is 9.91. The van der Waals surface area contributed by atoms with Crippen LogP contribution in [0.25, 0.3) is 0 Å². The van der Waals surface area contributed by atoms with Crippen LogP contribution in [0.2, 0.25) is 5.02 Å². The van der Waals surface area contributed by atoms with Crippen LogP contribution < -0.4 is 16.5 Å². The Labute approximate surface area is 214 Å². The summed E-state index contributed by atoms with van der Waals surface area (Å²) in [5.41, 5.74) is 9.80. The number of hydrazine groups is 1. The number of benzene rings is 1. The van der Waals surface area contributed by atoms with E-state index in [1.807, 2.05) is 20.8 Å². The summed E-state index contributed by atoms with van der Waals surface area (Å²) in [6.45, 7) is 8.87. The number of amides is 1. The Hall–Kier alpha value is -3.15. The van der Waals surface area contributed by atoms with E-state index in [1.165, 1.54) is 29.6 Å². The van der Waals surface area contributed by atoms with E-state index in [-0.39, 0.29) is 28.6 Å². The average Bonchev–Trinajstić information content (AvgIpc) is 2.79. The van der Waals surface area contributed by atoms with Crippen LogP contribution in [0.15, 0.2) is 52.2 Å². The van der Waals surface area contributed by atoms with Gasteiger partial charge in [-0.25, -0.2) is 19.0 Å². The maximum Gasteiger partial charge on any atom is 0.407 e. The Bertz CT molecular complexity index is 1080. The smallest absolute Gasteiger partial charge is 0.407 e. The molecule has 5 N–H and O–H groups in total. The van der Waals surface area contributed by atoms with Crippen LogP contribution in [0.3, 0.4) is 0 Å². The van der Waals surface area contributed by atoms with Crippen molar-refractivity contribution in [3.8, 4) is 0 Å². The van der Waals surface area contributed by atoms with E-state index < -0.39 is 24.3 Å². The molecule has 2 aliphatic rings. The van der Waals surface area contributed by atoms with Gasteiger partial charge in [0.15, 0.2) is 6.79 Å². The third-order valence-electron chi connectivity index (χ3n) is 5.44. The van der Waals surface area contributed by atoms with E-state index in [0.29, 0.717) is 42.7 Å². The van der Waals surface area contributed by atoms with Crippen LogP contribution in [-0.4, -0.2) is 52.4 Å². The maximum atomic E-state index is 13.7. The number of nitrogens with zero attached hydrogens (tertiary/aromatic N) is 3. The number of carbonyl (C=O) groups excluding carboxylic acids is 1. The number of rotatable bonds is 6. The van der Waals surface area contributed by atoms with Gasteiger partial charge < -0.3 is 20.9 Å². The number of carbonyl (C=O) groups is 1. The molecule has 1 aliphatic carbocycles. The first-order chi connectivity index (χ1) is 17.0. The molecule has 36 heavy (non-hydrogen) atoms. The highest BCUT2D eigenvalue weighted by Crippen LogP contribution is 2.28. The fraction of sp³-hybridized carbons (Fsp3) is 0.458. The van der Waals surface area contributed by atoms with Crippen molar-refractivity contribution >= 4 is 34.9 Å². The zero-order chi connectivity index (χ0) is 26.5. The number of aliphatic imine (C=N–C) groups is 2. The number of hydroxylamine groups is 1. The lowest BCUT2D eigenvalue weighted by Gasteiger charge is -2.32. The lowest BCUT2D eigenvalue weighted by Crippen LogP contribution is -2.44. The largest absolute Gasteiger partial charge is 0.444 e. The number of aliphatic hydroxyl groups is 1. The first kappa shape index (κ1) is 27.4. The van der Waals surface area contributed by atoms with E-state index in [2.05, 4.69) is 22.3 Å². The molecule has 1 aliphatic heterocycles. The molecule has 196 valence electrons. The molecule has 1 aromatic rings. The van der Waals surface area contributed by atoms with Gasteiger partial charge in [-0.3, -0.25) is 10.4 Å². The summed E-state index contributed by atoms with van der Waals surface area (Å²) in [6.07, 6.45) is 3.89.